The molecule has 0 saturated carbocycles. The number of anilines is 1. The Bertz CT molecular complexity index is 1200. The number of carbonyl (C=O) groups is 2. The van der Waals surface area contributed by atoms with Crippen LogP contribution in [0.3, 0.4) is 0 Å². The van der Waals surface area contributed by atoms with Crippen LogP contribution in [0.1, 0.15) is 27.0 Å². The maximum Gasteiger partial charge on any atom is 0.405 e. The predicted octanol–water partition coefficient (Wildman–Crippen LogP) is 5.07. The summed E-state index contributed by atoms with van der Waals surface area (Å²) < 4.78 is 42.5. The summed E-state index contributed by atoms with van der Waals surface area (Å²) in [6.45, 7) is 3.46. The molecule has 0 spiro atoms. The summed E-state index contributed by atoms with van der Waals surface area (Å²) in [7, 11) is 0. The Kier molecular flexibility index (Phi) is 7.83. The number of piperazine rings is 1. The van der Waals surface area contributed by atoms with Crippen molar-refractivity contribution in [3.8, 4) is 16.9 Å². The van der Waals surface area contributed by atoms with Crippen LogP contribution in [-0.2, 0) is 0 Å². The summed E-state index contributed by atoms with van der Waals surface area (Å²) in [5.41, 5.74) is 2.98. The van der Waals surface area contributed by atoms with Crippen molar-refractivity contribution in [2.24, 2.45) is 0 Å². The number of hydrogen-bond donors (Lipinski definition) is 1. The molecular weight excluding hydrogens is 491 g/mol. The second-order valence-corrected chi connectivity index (χ2v) is 9.20. The van der Waals surface area contributed by atoms with Crippen LogP contribution >= 0.6 is 11.3 Å². The van der Waals surface area contributed by atoms with Gasteiger partial charge in [-0.15, -0.1) is 11.3 Å². The second-order valence-electron chi connectivity index (χ2n) is 8.28. The predicted molar refractivity (Wildman–Crippen MR) is 134 cm³/mol. The number of thiophene rings is 1. The summed E-state index contributed by atoms with van der Waals surface area (Å²) in [5, 5.41) is 3.84. The van der Waals surface area contributed by atoms with Crippen LogP contribution in [-0.4, -0.2) is 62.2 Å². The molecule has 0 aliphatic carbocycles. The van der Waals surface area contributed by atoms with E-state index in [0.29, 0.717) is 37.7 Å². The molecule has 1 fully saturated rings. The molecule has 1 aliphatic rings. The molecule has 0 radical (unpaired) electrons. The van der Waals surface area contributed by atoms with Gasteiger partial charge in [0.05, 0.1) is 11.5 Å². The zero-order valence-electron chi connectivity index (χ0n) is 19.7. The van der Waals surface area contributed by atoms with Gasteiger partial charge in [0.2, 0.25) is 0 Å². The van der Waals surface area contributed by atoms with Crippen molar-refractivity contribution in [3.05, 3.63) is 70.4 Å². The van der Waals surface area contributed by atoms with E-state index >= 15 is 0 Å². The molecule has 1 N–H and O–H groups in total. The number of amides is 2. The summed E-state index contributed by atoms with van der Waals surface area (Å²) in [4.78, 5) is 29.6. The highest BCUT2D eigenvalue weighted by molar-refractivity contribution is 7.12. The number of ether oxygens (including phenoxy) is 1. The van der Waals surface area contributed by atoms with E-state index in [1.165, 1.54) is 23.5 Å². The number of halogens is 3. The Balaban J connectivity index is 1.32. The van der Waals surface area contributed by atoms with Gasteiger partial charge in [-0.2, -0.15) is 13.2 Å². The van der Waals surface area contributed by atoms with Gasteiger partial charge < -0.3 is 19.9 Å². The number of carbonyl (C=O) groups excluding carboxylic acids is 2. The molecule has 190 valence electrons. The fraction of sp³-hybridized carbons (Fsp3) is 0.308. The maximum atomic E-state index is 13.1. The lowest BCUT2D eigenvalue weighted by molar-refractivity contribution is -0.123. The quantitative estimate of drug-likeness (QED) is 0.476. The van der Waals surface area contributed by atoms with Gasteiger partial charge in [-0.3, -0.25) is 9.59 Å². The van der Waals surface area contributed by atoms with Crippen LogP contribution < -0.4 is 15.0 Å². The van der Waals surface area contributed by atoms with E-state index in [-0.39, 0.29) is 11.5 Å². The minimum atomic E-state index is -4.45. The van der Waals surface area contributed by atoms with Gasteiger partial charge in [-0.25, -0.2) is 0 Å². The van der Waals surface area contributed by atoms with Crippen molar-refractivity contribution in [1.29, 1.82) is 0 Å². The number of rotatable bonds is 7. The van der Waals surface area contributed by atoms with Crippen molar-refractivity contribution in [2.75, 3.05) is 44.2 Å². The Morgan fingerprint density at radius 2 is 1.72 bits per heavy atom. The van der Waals surface area contributed by atoms with Crippen LogP contribution in [0.2, 0.25) is 0 Å². The van der Waals surface area contributed by atoms with E-state index in [1.54, 1.807) is 12.1 Å². The molecule has 4 rings (SSSR count). The van der Waals surface area contributed by atoms with Crippen LogP contribution in [0, 0.1) is 0 Å². The zero-order valence-corrected chi connectivity index (χ0v) is 20.5. The summed E-state index contributed by atoms with van der Waals surface area (Å²) in [5.74, 6) is 0.0120. The minimum Gasteiger partial charge on any atom is -0.494 e. The van der Waals surface area contributed by atoms with Gasteiger partial charge in [0.1, 0.15) is 12.3 Å². The smallest absolute Gasteiger partial charge is 0.405 e. The molecule has 2 heterocycles. The molecule has 1 aliphatic heterocycles. The fourth-order valence-corrected chi connectivity index (χ4v) is 4.84. The SMILES string of the molecule is CCOc1cccc(-c2csc(C(=O)N3CCN(c4ccc(C(=O)NCC(F)(F)F)cc4)CC3)c2)c1. The lowest BCUT2D eigenvalue weighted by atomic mass is 10.1. The normalized spacial score (nSPS) is 14.0. The average Bonchev–Trinajstić information content (AvgIpc) is 3.37. The van der Waals surface area contributed by atoms with Crippen LogP contribution in [0.25, 0.3) is 11.1 Å². The molecule has 0 unspecified atom stereocenters. The highest BCUT2D eigenvalue weighted by atomic mass is 32.1. The molecule has 0 bridgehead atoms. The lowest BCUT2D eigenvalue weighted by Crippen LogP contribution is -2.48. The molecule has 10 heteroatoms. The van der Waals surface area contributed by atoms with E-state index in [4.69, 9.17) is 4.74 Å². The Labute approximate surface area is 211 Å². The van der Waals surface area contributed by atoms with Crippen LogP contribution in [0.5, 0.6) is 5.75 Å². The van der Waals surface area contributed by atoms with Gasteiger partial charge in [0.15, 0.2) is 0 Å². The van der Waals surface area contributed by atoms with Gasteiger partial charge in [0.25, 0.3) is 11.8 Å². The van der Waals surface area contributed by atoms with Gasteiger partial charge in [-0.05, 0) is 65.9 Å². The third kappa shape index (κ3) is 6.37. The number of nitrogens with zero attached hydrogens (tertiary/aromatic N) is 2. The number of hydrogen-bond acceptors (Lipinski definition) is 5. The standard InChI is InChI=1S/C26H26F3N3O3S/c1-2-35-22-5-3-4-19(14-22)20-15-23(36-16-20)25(34)32-12-10-31(11-13-32)21-8-6-18(7-9-21)24(33)30-17-26(27,28)29/h3-9,14-16H,2,10-13,17H2,1H3,(H,30,33). The highest BCUT2D eigenvalue weighted by Gasteiger charge is 2.28. The number of benzene rings is 2. The Morgan fingerprint density at radius 1 is 1.00 bits per heavy atom. The monoisotopic (exact) mass is 517 g/mol. The lowest BCUT2D eigenvalue weighted by Gasteiger charge is -2.36. The molecule has 1 saturated heterocycles. The first kappa shape index (κ1) is 25.6. The summed E-state index contributed by atoms with van der Waals surface area (Å²) >= 11 is 1.42. The molecule has 6 nitrogen and oxygen atoms in total. The highest BCUT2D eigenvalue weighted by Crippen LogP contribution is 2.29. The van der Waals surface area contributed by atoms with E-state index < -0.39 is 18.6 Å². The molecule has 0 atom stereocenters. The van der Waals surface area contributed by atoms with Gasteiger partial charge >= 0.3 is 6.18 Å². The average molecular weight is 518 g/mol. The van der Waals surface area contributed by atoms with Gasteiger partial charge in [-0.1, -0.05) is 12.1 Å². The van der Waals surface area contributed by atoms with Crippen molar-refractivity contribution in [2.45, 2.75) is 13.1 Å². The summed E-state index contributed by atoms with van der Waals surface area (Å²) in [6, 6.07) is 16.1. The third-order valence-corrected chi connectivity index (χ3v) is 6.72. The first-order chi connectivity index (χ1) is 17.2. The first-order valence-corrected chi connectivity index (χ1v) is 12.4. The van der Waals surface area contributed by atoms with Crippen LogP contribution in [0.15, 0.2) is 60.0 Å². The number of nitrogens with one attached hydrogen (secondary N) is 1. The molecule has 2 aromatic carbocycles. The Morgan fingerprint density at radius 3 is 2.39 bits per heavy atom. The zero-order chi connectivity index (χ0) is 25.7. The van der Waals surface area contributed by atoms with Crippen molar-refractivity contribution >= 4 is 28.8 Å². The van der Waals surface area contributed by atoms with Crippen molar-refractivity contribution in [3.63, 3.8) is 0 Å². The molecule has 2 amide bonds. The van der Waals surface area contributed by atoms with E-state index in [1.807, 2.05) is 52.9 Å². The minimum absolute atomic E-state index is 0.0106. The van der Waals surface area contributed by atoms with E-state index in [9.17, 15) is 22.8 Å². The van der Waals surface area contributed by atoms with E-state index in [2.05, 4.69) is 4.90 Å². The summed E-state index contributed by atoms with van der Waals surface area (Å²) in [6.07, 6.45) is -4.45. The largest absolute Gasteiger partial charge is 0.494 e. The maximum absolute atomic E-state index is 13.1. The van der Waals surface area contributed by atoms with Gasteiger partial charge in [0, 0.05) is 37.4 Å². The first-order valence-electron chi connectivity index (χ1n) is 11.5. The van der Waals surface area contributed by atoms with E-state index in [0.717, 1.165) is 22.6 Å². The fourth-order valence-electron chi connectivity index (χ4n) is 3.96. The van der Waals surface area contributed by atoms with Crippen molar-refractivity contribution < 1.29 is 27.5 Å². The third-order valence-electron chi connectivity index (χ3n) is 5.80. The molecule has 3 aromatic rings. The second kappa shape index (κ2) is 11.0. The number of alkyl halides is 3. The molecule has 1 aromatic heterocycles. The Hall–Kier alpha value is -3.53. The molecule has 36 heavy (non-hydrogen) atoms. The topological polar surface area (TPSA) is 61.9 Å². The van der Waals surface area contributed by atoms with Crippen molar-refractivity contribution in [1.82, 2.24) is 10.2 Å². The van der Waals surface area contributed by atoms with Crippen LogP contribution in [0.4, 0.5) is 18.9 Å². The molecular formula is C26H26F3N3O3S.